The molecule has 2 aliphatic rings. The number of carbonyl (C=O) groups excluding carboxylic acids is 2. The minimum atomic E-state index is 0.0449. The number of hydrogen-bond donors (Lipinski definition) is 1. The van der Waals surface area contributed by atoms with Crippen LogP contribution in [0.4, 0.5) is 0 Å². The molecule has 2 atom stereocenters. The second kappa shape index (κ2) is 8.00. The number of nitrogens with one attached hydrogen (secondary N) is 1. The van der Waals surface area contributed by atoms with Crippen LogP contribution in [0.15, 0.2) is 24.3 Å². The molecule has 5 nitrogen and oxygen atoms in total. The van der Waals surface area contributed by atoms with Crippen molar-refractivity contribution < 1.29 is 14.3 Å². The first-order valence-corrected chi connectivity index (χ1v) is 9.34. The molecule has 1 saturated carbocycles. The van der Waals surface area contributed by atoms with E-state index in [1.165, 1.54) is 0 Å². The van der Waals surface area contributed by atoms with Gasteiger partial charge in [-0.15, -0.1) is 0 Å². The Morgan fingerprint density at radius 2 is 1.68 bits per heavy atom. The van der Waals surface area contributed by atoms with Crippen LogP contribution in [-0.4, -0.2) is 42.0 Å². The maximum absolute atomic E-state index is 12.6. The van der Waals surface area contributed by atoms with Crippen molar-refractivity contribution in [3.63, 3.8) is 0 Å². The maximum atomic E-state index is 12.6. The average molecular weight is 344 g/mol. The van der Waals surface area contributed by atoms with Crippen LogP contribution in [0, 0.1) is 5.92 Å². The summed E-state index contributed by atoms with van der Waals surface area (Å²) in [5.41, 5.74) is 1.71. The van der Waals surface area contributed by atoms with E-state index < -0.39 is 0 Å². The average Bonchev–Trinajstić information content (AvgIpc) is 3.13. The molecule has 136 valence electrons. The van der Waals surface area contributed by atoms with Crippen molar-refractivity contribution in [3.05, 3.63) is 35.4 Å². The summed E-state index contributed by atoms with van der Waals surface area (Å²) in [4.78, 5) is 26.6. The molecule has 0 spiro atoms. The van der Waals surface area contributed by atoms with Crippen molar-refractivity contribution in [2.45, 2.75) is 58.3 Å². The van der Waals surface area contributed by atoms with Crippen LogP contribution in [0.2, 0.25) is 0 Å². The van der Waals surface area contributed by atoms with Crippen LogP contribution in [-0.2, 0) is 16.1 Å². The first-order chi connectivity index (χ1) is 12.0. The van der Waals surface area contributed by atoms with E-state index in [1.807, 2.05) is 43.0 Å². The zero-order valence-electron chi connectivity index (χ0n) is 15.2. The molecule has 2 amide bonds. The van der Waals surface area contributed by atoms with Crippen molar-refractivity contribution in [1.82, 2.24) is 10.2 Å². The van der Waals surface area contributed by atoms with Crippen LogP contribution in [0.3, 0.4) is 0 Å². The summed E-state index contributed by atoms with van der Waals surface area (Å²) in [6, 6.07) is 7.55. The quantitative estimate of drug-likeness (QED) is 0.914. The number of nitrogens with zero attached hydrogens (tertiary/aromatic N) is 1. The van der Waals surface area contributed by atoms with Crippen molar-refractivity contribution in [2.75, 3.05) is 13.1 Å². The summed E-state index contributed by atoms with van der Waals surface area (Å²) in [6.45, 7) is 5.76. The van der Waals surface area contributed by atoms with Gasteiger partial charge in [-0.2, -0.15) is 0 Å². The Morgan fingerprint density at radius 3 is 2.28 bits per heavy atom. The van der Waals surface area contributed by atoms with Gasteiger partial charge in [-0.05, 0) is 44.4 Å². The first kappa shape index (κ1) is 17.9. The van der Waals surface area contributed by atoms with E-state index in [-0.39, 0.29) is 29.9 Å². The van der Waals surface area contributed by atoms with Gasteiger partial charge in [0, 0.05) is 31.1 Å². The molecular weight excluding hydrogens is 316 g/mol. The van der Waals surface area contributed by atoms with Gasteiger partial charge < -0.3 is 15.0 Å². The Morgan fingerprint density at radius 1 is 1.08 bits per heavy atom. The van der Waals surface area contributed by atoms with Gasteiger partial charge in [0.1, 0.15) is 0 Å². The molecular formula is C20H28N2O3. The fourth-order valence-corrected chi connectivity index (χ4v) is 3.81. The van der Waals surface area contributed by atoms with Crippen molar-refractivity contribution in [2.24, 2.45) is 5.92 Å². The molecule has 0 aromatic heterocycles. The molecule has 1 aromatic carbocycles. The highest BCUT2D eigenvalue weighted by Crippen LogP contribution is 2.24. The number of rotatable bonds is 4. The molecule has 2 fully saturated rings. The summed E-state index contributed by atoms with van der Waals surface area (Å²) in [5.74, 6) is 0.392. The van der Waals surface area contributed by atoms with Gasteiger partial charge in [-0.25, -0.2) is 0 Å². The lowest BCUT2D eigenvalue weighted by molar-refractivity contribution is -0.124. The molecule has 0 bridgehead atoms. The van der Waals surface area contributed by atoms with E-state index in [0.29, 0.717) is 25.2 Å². The third kappa shape index (κ3) is 4.60. The van der Waals surface area contributed by atoms with E-state index in [1.54, 1.807) is 0 Å². The lowest BCUT2D eigenvalue weighted by Gasteiger charge is -2.35. The molecule has 3 rings (SSSR count). The Hall–Kier alpha value is -1.88. The summed E-state index contributed by atoms with van der Waals surface area (Å²) < 4.78 is 5.68. The van der Waals surface area contributed by atoms with Crippen LogP contribution in [0.5, 0.6) is 0 Å². The summed E-state index contributed by atoms with van der Waals surface area (Å²) >= 11 is 0. The van der Waals surface area contributed by atoms with Crippen molar-refractivity contribution >= 4 is 11.8 Å². The van der Waals surface area contributed by atoms with Crippen LogP contribution in [0.1, 0.15) is 55.5 Å². The van der Waals surface area contributed by atoms with E-state index in [4.69, 9.17) is 4.74 Å². The molecule has 5 heteroatoms. The largest absolute Gasteiger partial charge is 0.372 e. The third-order valence-corrected chi connectivity index (χ3v) is 5.10. The monoisotopic (exact) mass is 344 g/mol. The summed E-state index contributed by atoms with van der Waals surface area (Å²) in [6.07, 6.45) is 4.47. The molecule has 25 heavy (non-hydrogen) atoms. The molecule has 1 saturated heterocycles. The molecule has 1 aliphatic carbocycles. The Kier molecular flexibility index (Phi) is 5.74. The van der Waals surface area contributed by atoms with E-state index in [0.717, 1.165) is 31.2 Å². The van der Waals surface area contributed by atoms with E-state index in [9.17, 15) is 9.59 Å². The zero-order valence-corrected chi connectivity index (χ0v) is 15.2. The number of morpholine rings is 1. The van der Waals surface area contributed by atoms with Gasteiger partial charge in [0.05, 0.1) is 12.2 Å². The second-order valence-corrected chi connectivity index (χ2v) is 7.36. The standard InChI is InChI=1S/C20H28N2O3/c1-14-12-22(13-15(2)25-14)20(24)18-9-7-16(8-10-18)11-21-19(23)17-5-3-4-6-17/h7-10,14-15,17H,3-6,11-13H2,1-2H3,(H,21,23). The van der Waals surface area contributed by atoms with Crippen molar-refractivity contribution in [1.29, 1.82) is 0 Å². The fourth-order valence-electron chi connectivity index (χ4n) is 3.81. The minimum Gasteiger partial charge on any atom is -0.372 e. The summed E-state index contributed by atoms with van der Waals surface area (Å²) in [5, 5.41) is 3.01. The summed E-state index contributed by atoms with van der Waals surface area (Å²) in [7, 11) is 0. The topological polar surface area (TPSA) is 58.6 Å². The maximum Gasteiger partial charge on any atom is 0.254 e. The highest BCUT2D eigenvalue weighted by molar-refractivity contribution is 5.94. The van der Waals surface area contributed by atoms with Crippen LogP contribution in [0.25, 0.3) is 0 Å². The smallest absolute Gasteiger partial charge is 0.254 e. The van der Waals surface area contributed by atoms with Gasteiger partial charge in [0.15, 0.2) is 0 Å². The molecule has 1 aromatic rings. The Bertz CT molecular complexity index is 598. The van der Waals surface area contributed by atoms with Gasteiger partial charge in [-0.1, -0.05) is 25.0 Å². The number of hydrogen-bond acceptors (Lipinski definition) is 3. The highest BCUT2D eigenvalue weighted by atomic mass is 16.5. The fraction of sp³-hybridized carbons (Fsp3) is 0.600. The molecule has 1 aliphatic heterocycles. The predicted molar refractivity (Wildman–Crippen MR) is 96.2 cm³/mol. The minimum absolute atomic E-state index is 0.0449. The normalized spacial score (nSPS) is 24.3. The third-order valence-electron chi connectivity index (χ3n) is 5.10. The van der Waals surface area contributed by atoms with Gasteiger partial charge in [0.2, 0.25) is 5.91 Å². The lowest BCUT2D eigenvalue weighted by Crippen LogP contribution is -2.48. The van der Waals surface area contributed by atoms with Crippen LogP contribution >= 0.6 is 0 Å². The Balaban J connectivity index is 1.54. The van der Waals surface area contributed by atoms with Gasteiger partial charge >= 0.3 is 0 Å². The Labute approximate surface area is 149 Å². The molecule has 1 heterocycles. The number of carbonyl (C=O) groups is 2. The number of ether oxygens (including phenoxy) is 1. The molecule has 0 radical (unpaired) electrons. The number of amides is 2. The molecule has 1 N–H and O–H groups in total. The predicted octanol–water partition coefficient (Wildman–Crippen LogP) is 2.74. The number of benzene rings is 1. The highest BCUT2D eigenvalue weighted by Gasteiger charge is 2.26. The zero-order chi connectivity index (χ0) is 17.8. The first-order valence-electron chi connectivity index (χ1n) is 9.34. The molecule has 2 unspecified atom stereocenters. The lowest BCUT2D eigenvalue weighted by atomic mass is 10.1. The van der Waals surface area contributed by atoms with Gasteiger partial charge in [-0.3, -0.25) is 9.59 Å². The van der Waals surface area contributed by atoms with Crippen molar-refractivity contribution in [3.8, 4) is 0 Å². The van der Waals surface area contributed by atoms with E-state index >= 15 is 0 Å². The second-order valence-electron chi connectivity index (χ2n) is 7.36. The van der Waals surface area contributed by atoms with E-state index in [2.05, 4.69) is 5.32 Å². The SMILES string of the molecule is CC1CN(C(=O)c2ccc(CNC(=O)C3CCCC3)cc2)CC(C)O1. The van der Waals surface area contributed by atoms with Crippen LogP contribution < -0.4 is 5.32 Å². The van der Waals surface area contributed by atoms with Gasteiger partial charge in [0.25, 0.3) is 5.91 Å².